The van der Waals surface area contributed by atoms with Crippen molar-refractivity contribution in [1.82, 2.24) is 19.1 Å². The molecular weight excluding hydrogens is 292 g/mol. The minimum atomic E-state index is -0.420. The van der Waals surface area contributed by atoms with E-state index in [2.05, 4.69) is 16.5 Å². The molecule has 3 aromatic rings. The lowest BCUT2D eigenvalue weighted by Gasteiger charge is -2.09. The molecule has 0 atom stereocenters. The van der Waals surface area contributed by atoms with Crippen LogP contribution in [-0.4, -0.2) is 19.1 Å². The van der Waals surface area contributed by atoms with E-state index < -0.39 is 11.2 Å². The molecule has 1 aromatic carbocycles. The average molecular weight is 308 g/mol. The van der Waals surface area contributed by atoms with Gasteiger partial charge in [0.05, 0.1) is 0 Å². The number of aryl methyl sites for hydroxylation is 2. The van der Waals surface area contributed by atoms with Gasteiger partial charge in [0, 0.05) is 25.4 Å². The second kappa shape index (κ2) is 5.64. The lowest BCUT2D eigenvalue weighted by atomic mass is 10.1. The molecule has 0 bridgehead atoms. The van der Waals surface area contributed by atoms with Gasteiger partial charge in [-0.1, -0.05) is 35.9 Å². The summed E-state index contributed by atoms with van der Waals surface area (Å²) < 4.78 is 2.48. The third-order valence-corrected chi connectivity index (χ3v) is 3.70. The predicted octanol–water partition coefficient (Wildman–Crippen LogP) is 1.65. The predicted molar refractivity (Wildman–Crippen MR) is 89.4 cm³/mol. The van der Waals surface area contributed by atoms with Crippen LogP contribution in [0.2, 0.25) is 0 Å². The summed E-state index contributed by atoms with van der Waals surface area (Å²) in [7, 11) is 1.59. The first-order chi connectivity index (χ1) is 11.0. The number of rotatable bonds is 3. The fourth-order valence-electron chi connectivity index (χ4n) is 2.42. The number of hydrogen-bond donors (Lipinski definition) is 0. The molecule has 0 spiro atoms. The molecule has 2 heterocycles. The maximum absolute atomic E-state index is 12.4. The van der Waals surface area contributed by atoms with Crippen molar-refractivity contribution >= 4 is 11.0 Å². The Morgan fingerprint density at radius 2 is 1.91 bits per heavy atom. The molecule has 0 aliphatic carbocycles. The topological polar surface area (TPSA) is 69.8 Å². The molecule has 0 aliphatic heterocycles. The molecule has 0 unspecified atom stereocenters. The van der Waals surface area contributed by atoms with Crippen molar-refractivity contribution in [3.05, 3.63) is 69.5 Å². The van der Waals surface area contributed by atoms with E-state index in [1.165, 1.54) is 16.8 Å². The van der Waals surface area contributed by atoms with E-state index >= 15 is 0 Å². The Morgan fingerprint density at radius 1 is 1.22 bits per heavy atom. The fourth-order valence-corrected chi connectivity index (χ4v) is 2.42. The van der Waals surface area contributed by atoms with Crippen LogP contribution in [0.25, 0.3) is 22.4 Å². The Balaban J connectivity index is 2.29. The Morgan fingerprint density at radius 3 is 2.57 bits per heavy atom. The highest BCUT2D eigenvalue weighted by Crippen LogP contribution is 2.16. The van der Waals surface area contributed by atoms with Gasteiger partial charge in [-0.3, -0.25) is 13.9 Å². The van der Waals surface area contributed by atoms with Crippen molar-refractivity contribution in [2.24, 2.45) is 7.05 Å². The molecule has 0 saturated carbocycles. The maximum Gasteiger partial charge on any atom is 0.332 e. The quantitative estimate of drug-likeness (QED) is 0.690. The van der Waals surface area contributed by atoms with Gasteiger partial charge in [0.15, 0.2) is 11.5 Å². The first-order valence-corrected chi connectivity index (χ1v) is 7.17. The number of nitrogens with zero attached hydrogens (tertiary/aromatic N) is 4. The van der Waals surface area contributed by atoms with Crippen molar-refractivity contribution in [2.75, 3.05) is 0 Å². The largest absolute Gasteiger partial charge is 0.332 e. The molecule has 6 heteroatoms. The van der Waals surface area contributed by atoms with Crippen molar-refractivity contribution in [2.45, 2.75) is 13.5 Å². The van der Waals surface area contributed by atoms with Gasteiger partial charge in [-0.25, -0.2) is 14.8 Å². The first kappa shape index (κ1) is 14.9. The number of benzene rings is 1. The summed E-state index contributed by atoms with van der Waals surface area (Å²) in [6, 6.07) is 7.75. The van der Waals surface area contributed by atoms with Gasteiger partial charge < -0.3 is 0 Å². The number of fused-ring (bicyclic) bond motifs is 1. The van der Waals surface area contributed by atoms with Crippen LogP contribution in [0, 0.1) is 6.92 Å². The van der Waals surface area contributed by atoms with Crippen molar-refractivity contribution in [1.29, 1.82) is 0 Å². The van der Waals surface area contributed by atoms with Crippen LogP contribution in [0.1, 0.15) is 5.56 Å². The van der Waals surface area contributed by atoms with Gasteiger partial charge in [-0.2, -0.15) is 0 Å². The van der Waals surface area contributed by atoms with Gasteiger partial charge >= 0.3 is 5.69 Å². The van der Waals surface area contributed by atoms with Gasteiger partial charge in [-0.15, -0.1) is 6.58 Å². The zero-order chi connectivity index (χ0) is 16.6. The molecule has 0 fully saturated rings. The highest BCUT2D eigenvalue weighted by molar-refractivity contribution is 5.75. The maximum atomic E-state index is 12.4. The third kappa shape index (κ3) is 2.48. The Bertz CT molecular complexity index is 1010. The molecule has 0 aliphatic rings. The van der Waals surface area contributed by atoms with Crippen LogP contribution in [0.5, 0.6) is 0 Å². The second-order valence-electron chi connectivity index (χ2n) is 5.34. The van der Waals surface area contributed by atoms with E-state index in [-0.39, 0.29) is 6.54 Å². The first-order valence-electron chi connectivity index (χ1n) is 7.17. The Kier molecular flexibility index (Phi) is 3.65. The molecule has 0 N–H and O–H groups in total. The summed E-state index contributed by atoms with van der Waals surface area (Å²) >= 11 is 0. The van der Waals surface area contributed by atoms with E-state index in [0.29, 0.717) is 16.9 Å². The summed E-state index contributed by atoms with van der Waals surface area (Å²) in [6.45, 7) is 5.72. The zero-order valence-electron chi connectivity index (χ0n) is 13.0. The molecular formula is C17H16N4O2. The molecule has 6 nitrogen and oxygen atoms in total. The zero-order valence-corrected chi connectivity index (χ0v) is 13.0. The monoisotopic (exact) mass is 308 g/mol. The standard InChI is InChI=1S/C17H16N4O2/c1-4-9-21-16(22)13-10-18-14(12-7-5-11(2)6-8-12)19-15(13)20(3)17(21)23/h4-8,10H,1,9H2,2-3H3. The molecule has 0 amide bonds. The molecule has 2 aromatic heterocycles. The van der Waals surface area contributed by atoms with Gasteiger partial charge in [-0.05, 0) is 6.92 Å². The average Bonchev–Trinajstić information content (AvgIpc) is 2.57. The molecule has 0 radical (unpaired) electrons. The van der Waals surface area contributed by atoms with Crippen LogP contribution in [0.4, 0.5) is 0 Å². The minimum absolute atomic E-state index is 0.154. The smallest absolute Gasteiger partial charge is 0.280 e. The summed E-state index contributed by atoms with van der Waals surface area (Å²) in [4.78, 5) is 33.4. The van der Waals surface area contributed by atoms with E-state index in [9.17, 15) is 9.59 Å². The number of aromatic nitrogens is 4. The molecule has 116 valence electrons. The summed E-state index contributed by atoms with van der Waals surface area (Å²) in [6.07, 6.45) is 2.98. The van der Waals surface area contributed by atoms with E-state index in [4.69, 9.17) is 0 Å². The molecule has 3 rings (SSSR count). The minimum Gasteiger partial charge on any atom is -0.280 e. The highest BCUT2D eigenvalue weighted by Gasteiger charge is 2.13. The third-order valence-electron chi connectivity index (χ3n) is 3.70. The second-order valence-corrected chi connectivity index (χ2v) is 5.34. The van der Waals surface area contributed by atoms with Gasteiger partial charge in [0.1, 0.15) is 5.39 Å². The van der Waals surface area contributed by atoms with Crippen molar-refractivity contribution in [3.63, 3.8) is 0 Å². The van der Waals surface area contributed by atoms with Crippen LogP contribution in [0.15, 0.2) is 52.7 Å². The fraction of sp³-hybridized carbons (Fsp3) is 0.176. The summed E-state index contributed by atoms with van der Waals surface area (Å²) in [5.41, 5.74) is 1.47. The van der Waals surface area contributed by atoms with Crippen LogP contribution in [-0.2, 0) is 13.6 Å². The van der Waals surface area contributed by atoms with Crippen molar-refractivity contribution < 1.29 is 0 Å². The number of allylic oxidation sites excluding steroid dienone is 1. The van der Waals surface area contributed by atoms with Crippen LogP contribution in [0.3, 0.4) is 0 Å². The van der Waals surface area contributed by atoms with Crippen LogP contribution < -0.4 is 11.2 Å². The Hall–Kier alpha value is -3.02. The summed E-state index contributed by atoms with van der Waals surface area (Å²) in [5, 5.41) is 0.310. The summed E-state index contributed by atoms with van der Waals surface area (Å²) in [5.74, 6) is 0.480. The van der Waals surface area contributed by atoms with Crippen molar-refractivity contribution in [3.8, 4) is 11.4 Å². The number of hydrogen-bond acceptors (Lipinski definition) is 4. The lowest BCUT2D eigenvalue weighted by Crippen LogP contribution is -2.39. The SMILES string of the molecule is C=CCn1c(=O)c2cnc(-c3ccc(C)cc3)nc2n(C)c1=O. The van der Waals surface area contributed by atoms with Gasteiger partial charge in [0.2, 0.25) is 0 Å². The highest BCUT2D eigenvalue weighted by atomic mass is 16.2. The lowest BCUT2D eigenvalue weighted by molar-refractivity contribution is 0.667. The van der Waals surface area contributed by atoms with Crippen LogP contribution >= 0.6 is 0 Å². The molecule has 23 heavy (non-hydrogen) atoms. The van der Waals surface area contributed by atoms with E-state index in [0.717, 1.165) is 15.7 Å². The van der Waals surface area contributed by atoms with E-state index in [1.54, 1.807) is 7.05 Å². The van der Waals surface area contributed by atoms with Gasteiger partial charge in [0.25, 0.3) is 5.56 Å². The normalized spacial score (nSPS) is 10.9. The van der Waals surface area contributed by atoms with E-state index in [1.807, 2.05) is 31.2 Å². The Labute approximate surface area is 132 Å². The molecule has 0 saturated heterocycles.